The van der Waals surface area contributed by atoms with E-state index in [2.05, 4.69) is 10.8 Å². The molecular weight excluding hydrogens is 446 g/mol. The van der Waals surface area contributed by atoms with Gasteiger partial charge in [0.15, 0.2) is 0 Å². The van der Waals surface area contributed by atoms with E-state index in [9.17, 15) is 13.2 Å². The van der Waals surface area contributed by atoms with Crippen LogP contribution in [-0.2, 0) is 21.2 Å². The Hall–Kier alpha value is -1.83. The third-order valence-corrected chi connectivity index (χ3v) is 7.78. The van der Waals surface area contributed by atoms with Crippen molar-refractivity contribution in [2.75, 3.05) is 24.1 Å². The van der Waals surface area contributed by atoms with E-state index in [0.717, 1.165) is 49.0 Å². The zero-order chi connectivity index (χ0) is 23.4. The molecule has 1 unspecified atom stereocenters. The Balaban J connectivity index is 1.63. The average Bonchev–Trinajstić information content (AvgIpc) is 2.73. The molecule has 1 fully saturated rings. The normalized spacial score (nSPS) is 25.8. The van der Waals surface area contributed by atoms with Crippen LogP contribution >= 0.6 is 11.6 Å². The molecule has 2 aliphatic rings. The summed E-state index contributed by atoms with van der Waals surface area (Å²) in [5.74, 6) is 0.422. The Kier molecular flexibility index (Phi) is 8.06. The SMILES string of the molecule is CC(=O)N(CCc1cccc(NS(C)(=O)=O)c1)C1CCC(CN)(C2C=CC=C(Cl)C2)CC1. The summed E-state index contributed by atoms with van der Waals surface area (Å²) in [5.41, 5.74) is 7.83. The fourth-order valence-corrected chi connectivity index (χ4v) is 5.92. The van der Waals surface area contributed by atoms with Crippen molar-refractivity contribution in [3.05, 3.63) is 53.1 Å². The van der Waals surface area contributed by atoms with Crippen molar-refractivity contribution in [2.45, 2.75) is 51.5 Å². The first-order valence-electron chi connectivity index (χ1n) is 11.2. The van der Waals surface area contributed by atoms with Crippen LogP contribution in [0.4, 0.5) is 5.69 Å². The third-order valence-electron chi connectivity index (χ3n) is 6.90. The monoisotopic (exact) mass is 479 g/mol. The molecular formula is C24H34ClN3O3S. The third kappa shape index (κ3) is 6.36. The second-order valence-electron chi connectivity index (χ2n) is 9.14. The molecule has 1 atom stereocenters. The van der Waals surface area contributed by atoms with Gasteiger partial charge >= 0.3 is 0 Å². The highest BCUT2D eigenvalue weighted by molar-refractivity contribution is 7.92. The van der Waals surface area contributed by atoms with E-state index >= 15 is 0 Å². The minimum absolute atomic E-state index is 0.0372. The van der Waals surface area contributed by atoms with Crippen LogP contribution in [0.25, 0.3) is 0 Å². The summed E-state index contributed by atoms with van der Waals surface area (Å²) in [6.07, 6.45) is 12.7. The molecule has 1 aromatic rings. The summed E-state index contributed by atoms with van der Waals surface area (Å²) in [6, 6.07) is 7.53. The number of carbonyl (C=O) groups excluding carboxylic acids is 1. The summed E-state index contributed by atoms with van der Waals surface area (Å²) >= 11 is 6.29. The summed E-state index contributed by atoms with van der Waals surface area (Å²) in [4.78, 5) is 14.4. The quantitative estimate of drug-likeness (QED) is 0.588. The lowest BCUT2D eigenvalue weighted by Crippen LogP contribution is -2.48. The van der Waals surface area contributed by atoms with Gasteiger partial charge in [0.25, 0.3) is 0 Å². The van der Waals surface area contributed by atoms with Gasteiger partial charge in [0.05, 0.1) is 6.26 Å². The lowest BCUT2D eigenvalue weighted by molar-refractivity contribution is -0.132. The van der Waals surface area contributed by atoms with E-state index in [1.165, 1.54) is 0 Å². The van der Waals surface area contributed by atoms with Gasteiger partial charge in [-0.2, -0.15) is 0 Å². The van der Waals surface area contributed by atoms with E-state index in [1.54, 1.807) is 13.0 Å². The topological polar surface area (TPSA) is 92.5 Å². The maximum Gasteiger partial charge on any atom is 0.229 e. The van der Waals surface area contributed by atoms with Crippen LogP contribution in [0.1, 0.15) is 44.6 Å². The first-order chi connectivity index (χ1) is 15.1. The first kappa shape index (κ1) is 24.8. The number of hydrogen-bond donors (Lipinski definition) is 2. The predicted molar refractivity (Wildman–Crippen MR) is 131 cm³/mol. The smallest absolute Gasteiger partial charge is 0.229 e. The van der Waals surface area contributed by atoms with Crippen LogP contribution in [0.3, 0.4) is 0 Å². The van der Waals surface area contributed by atoms with Crippen LogP contribution in [0.2, 0.25) is 0 Å². The molecule has 1 saturated carbocycles. The Morgan fingerprint density at radius 3 is 2.62 bits per heavy atom. The number of rotatable bonds is 8. The minimum Gasteiger partial charge on any atom is -0.340 e. The molecule has 0 radical (unpaired) electrons. The number of nitrogens with zero attached hydrogens (tertiary/aromatic N) is 1. The molecule has 0 saturated heterocycles. The van der Waals surface area contributed by atoms with Gasteiger partial charge in [-0.25, -0.2) is 8.42 Å². The van der Waals surface area contributed by atoms with Crippen molar-refractivity contribution in [1.82, 2.24) is 4.90 Å². The highest BCUT2D eigenvalue weighted by atomic mass is 35.5. The standard InChI is InChI=1S/C24H34ClN3O3S/c1-18(29)28(14-11-19-5-3-8-22(15-19)27-32(2,30)31)23-9-12-24(17-26,13-10-23)20-6-4-7-21(25)16-20/h3-8,15,20,23,27H,9-14,16-17,26H2,1-2H3. The summed E-state index contributed by atoms with van der Waals surface area (Å²) in [5, 5.41) is 0.880. The number of sulfonamides is 1. The van der Waals surface area contributed by atoms with Crippen molar-refractivity contribution in [3.63, 3.8) is 0 Å². The number of anilines is 1. The summed E-state index contributed by atoms with van der Waals surface area (Å²) < 4.78 is 25.5. The fraction of sp³-hybridized carbons (Fsp3) is 0.542. The molecule has 32 heavy (non-hydrogen) atoms. The van der Waals surface area contributed by atoms with E-state index in [0.29, 0.717) is 31.1 Å². The van der Waals surface area contributed by atoms with Gasteiger partial charge in [-0.05, 0) is 80.2 Å². The highest BCUT2D eigenvalue weighted by Crippen LogP contribution is 2.47. The van der Waals surface area contributed by atoms with E-state index in [-0.39, 0.29) is 17.4 Å². The Morgan fingerprint density at radius 2 is 2.03 bits per heavy atom. The van der Waals surface area contributed by atoms with Gasteiger partial charge < -0.3 is 10.6 Å². The molecule has 3 rings (SSSR count). The van der Waals surface area contributed by atoms with Gasteiger partial charge in [-0.1, -0.05) is 35.9 Å². The summed E-state index contributed by atoms with van der Waals surface area (Å²) in [6.45, 7) is 2.86. The van der Waals surface area contributed by atoms with Crippen molar-refractivity contribution in [2.24, 2.45) is 17.1 Å². The molecule has 1 aromatic carbocycles. The van der Waals surface area contributed by atoms with Crippen LogP contribution < -0.4 is 10.5 Å². The molecule has 0 aromatic heterocycles. The van der Waals surface area contributed by atoms with Gasteiger partial charge in [0, 0.05) is 30.2 Å². The second-order valence-corrected chi connectivity index (χ2v) is 11.4. The maximum absolute atomic E-state index is 12.5. The lowest BCUT2D eigenvalue weighted by atomic mass is 9.63. The molecule has 2 aliphatic carbocycles. The van der Waals surface area contributed by atoms with Crippen molar-refractivity contribution >= 4 is 33.2 Å². The molecule has 176 valence electrons. The number of benzene rings is 1. The maximum atomic E-state index is 12.5. The average molecular weight is 480 g/mol. The molecule has 0 bridgehead atoms. The predicted octanol–water partition coefficient (Wildman–Crippen LogP) is 4.04. The number of allylic oxidation sites excluding steroid dienone is 4. The van der Waals surface area contributed by atoms with Crippen LogP contribution in [0, 0.1) is 11.3 Å². The van der Waals surface area contributed by atoms with Gasteiger partial charge in [0.1, 0.15) is 0 Å². The Labute approximate surface area is 196 Å². The van der Waals surface area contributed by atoms with Gasteiger partial charge in [0.2, 0.25) is 15.9 Å². The number of nitrogens with two attached hydrogens (primary N) is 1. The largest absolute Gasteiger partial charge is 0.340 e. The number of halogens is 1. The molecule has 0 spiro atoms. The fourth-order valence-electron chi connectivity index (χ4n) is 5.13. The highest BCUT2D eigenvalue weighted by Gasteiger charge is 2.41. The molecule has 0 aliphatic heterocycles. The minimum atomic E-state index is -3.32. The van der Waals surface area contributed by atoms with Gasteiger partial charge in [-0.3, -0.25) is 9.52 Å². The van der Waals surface area contributed by atoms with Gasteiger partial charge in [-0.15, -0.1) is 0 Å². The number of amides is 1. The van der Waals surface area contributed by atoms with Crippen molar-refractivity contribution in [1.29, 1.82) is 0 Å². The molecule has 0 heterocycles. The van der Waals surface area contributed by atoms with E-state index < -0.39 is 10.0 Å². The molecule has 8 heteroatoms. The van der Waals surface area contributed by atoms with E-state index in [4.69, 9.17) is 17.3 Å². The van der Waals surface area contributed by atoms with Crippen molar-refractivity contribution < 1.29 is 13.2 Å². The number of nitrogens with one attached hydrogen (secondary N) is 1. The van der Waals surface area contributed by atoms with E-state index in [1.807, 2.05) is 35.3 Å². The zero-order valence-corrected chi connectivity index (χ0v) is 20.5. The molecule has 6 nitrogen and oxygen atoms in total. The van der Waals surface area contributed by atoms with Crippen LogP contribution in [0.5, 0.6) is 0 Å². The van der Waals surface area contributed by atoms with Crippen LogP contribution in [0.15, 0.2) is 47.5 Å². The lowest BCUT2D eigenvalue weighted by Gasteiger charge is -2.47. The first-order valence-corrected chi connectivity index (χ1v) is 13.5. The van der Waals surface area contributed by atoms with Crippen LogP contribution in [-0.4, -0.2) is 44.6 Å². The number of carbonyl (C=O) groups is 1. The molecule has 3 N–H and O–H groups in total. The number of hydrogen-bond acceptors (Lipinski definition) is 4. The van der Waals surface area contributed by atoms with Crippen molar-refractivity contribution in [3.8, 4) is 0 Å². The Bertz CT molecular complexity index is 982. The second kappa shape index (κ2) is 10.4. The Morgan fingerprint density at radius 1 is 1.31 bits per heavy atom. The zero-order valence-electron chi connectivity index (χ0n) is 18.9. The molecule has 1 amide bonds. The summed E-state index contributed by atoms with van der Waals surface area (Å²) in [7, 11) is -3.32.